The molecule has 178 valence electrons. The van der Waals surface area contributed by atoms with E-state index in [0.29, 0.717) is 5.75 Å². The number of nitrogens with one attached hydrogen (secondary N) is 1. The van der Waals surface area contributed by atoms with Gasteiger partial charge in [0.1, 0.15) is 5.75 Å². The maximum absolute atomic E-state index is 12.5. The smallest absolute Gasteiger partial charge is 0.277 e. The first-order valence-electron chi connectivity index (χ1n) is 11.9. The summed E-state index contributed by atoms with van der Waals surface area (Å²) in [6, 6.07) is 36.3. The minimum atomic E-state index is -0.320. The van der Waals surface area contributed by atoms with Gasteiger partial charge in [-0.15, -0.1) is 0 Å². The van der Waals surface area contributed by atoms with Crippen LogP contribution in [0.2, 0.25) is 0 Å². The Labute approximate surface area is 210 Å². The molecule has 1 heterocycles. The Kier molecular flexibility index (Phi) is 6.90. The van der Waals surface area contributed by atoms with Gasteiger partial charge in [0.15, 0.2) is 6.61 Å². The molecule has 0 saturated carbocycles. The summed E-state index contributed by atoms with van der Waals surface area (Å²) >= 11 is 0. The molecular weight excluding hydrogens is 446 g/mol. The lowest BCUT2D eigenvalue weighted by molar-refractivity contribution is -0.123. The van der Waals surface area contributed by atoms with Crippen LogP contribution in [-0.2, 0) is 11.3 Å². The van der Waals surface area contributed by atoms with Crippen LogP contribution < -0.4 is 10.2 Å². The molecule has 0 atom stereocenters. The topological polar surface area (TPSA) is 55.6 Å². The molecule has 0 aliphatic carbocycles. The van der Waals surface area contributed by atoms with E-state index in [4.69, 9.17) is 4.74 Å². The quantitative estimate of drug-likeness (QED) is 0.216. The van der Waals surface area contributed by atoms with E-state index in [9.17, 15) is 4.79 Å². The third-order valence-electron chi connectivity index (χ3n) is 6.18. The zero-order valence-electron chi connectivity index (χ0n) is 20.1. The summed E-state index contributed by atoms with van der Waals surface area (Å²) in [6.07, 6.45) is 1.72. The first kappa shape index (κ1) is 23.1. The summed E-state index contributed by atoms with van der Waals surface area (Å²) in [4.78, 5) is 12.5. The van der Waals surface area contributed by atoms with Crippen LogP contribution in [0.5, 0.6) is 5.75 Å². The third-order valence-corrected chi connectivity index (χ3v) is 6.18. The van der Waals surface area contributed by atoms with E-state index in [1.54, 1.807) is 6.21 Å². The maximum Gasteiger partial charge on any atom is 0.277 e. The zero-order valence-corrected chi connectivity index (χ0v) is 20.1. The van der Waals surface area contributed by atoms with Crippen molar-refractivity contribution < 1.29 is 9.53 Å². The van der Waals surface area contributed by atoms with E-state index in [-0.39, 0.29) is 12.5 Å². The van der Waals surface area contributed by atoms with Crippen molar-refractivity contribution in [1.29, 1.82) is 0 Å². The van der Waals surface area contributed by atoms with Crippen molar-refractivity contribution in [2.45, 2.75) is 13.5 Å². The van der Waals surface area contributed by atoms with Crippen molar-refractivity contribution in [2.24, 2.45) is 5.10 Å². The zero-order chi connectivity index (χ0) is 24.7. The van der Waals surface area contributed by atoms with Crippen molar-refractivity contribution in [3.05, 3.63) is 126 Å². The molecule has 0 spiro atoms. The van der Waals surface area contributed by atoms with Crippen LogP contribution in [0.15, 0.2) is 114 Å². The lowest BCUT2D eigenvalue weighted by Gasteiger charge is -2.11. The highest BCUT2D eigenvalue weighted by Crippen LogP contribution is 2.29. The number of benzene rings is 4. The SMILES string of the molecule is Cc1c(/C=N/NC(=O)COc2ccccc2-c2ccccc2)c2ccccc2n1Cc1ccccc1. The predicted molar refractivity (Wildman–Crippen MR) is 145 cm³/mol. The van der Waals surface area contributed by atoms with Gasteiger partial charge >= 0.3 is 0 Å². The number of aromatic nitrogens is 1. The second kappa shape index (κ2) is 10.7. The summed E-state index contributed by atoms with van der Waals surface area (Å²) in [5, 5.41) is 5.34. The van der Waals surface area contributed by atoms with Crippen LogP contribution in [0.25, 0.3) is 22.0 Å². The van der Waals surface area contributed by atoms with Crippen LogP contribution in [-0.4, -0.2) is 23.3 Å². The highest BCUT2D eigenvalue weighted by atomic mass is 16.5. The molecular formula is C31H27N3O2. The molecule has 5 rings (SSSR count). The second-order valence-electron chi connectivity index (χ2n) is 8.53. The number of rotatable bonds is 8. The van der Waals surface area contributed by atoms with Crippen molar-refractivity contribution in [3.63, 3.8) is 0 Å². The molecule has 0 bridgehead atoms. The molecule has 0 fully saturated rings. The van der Waals surface area contributed by atoms with Gasteiger partial charge in [0.05, 0.1) is 6.21 Å². The van der Waals surface area contributed by atoms with E-state index in [2.05, 4.69) is 58.4 Å². The van der Waals surface area contributed by atoms with Gasteiger partial charge in [0, 0.05) is 34.3 Å². The molecule has 0 aliphatic rings. The number of carbonyl (C=O) groups is 1. The molecule has 0 radical (unpaired) electrons. The summed E-state index contributed by atoms with van der Waals surface area (Å²) in [5.74, 6) is 0.336. The normalized spacial score (nSPS) is 11.1. The Morgan fingerprint density at radius 3 is 2.33 bits per heavy atom. The maximum atomic E-state index is 12.5. The number of ether oxygens (including phenoxy) is 1. The van der Waals surface area contributed by atoms with Crippen molar-refractivity contribution in [3.8, 4) is 16.9 Å². The average Bonchev–Trinajstić information content (AvgIpc) is 3.19. The van der Waals surface area contributed by atoms with E-state index < -0.39 is 0 Å². The molecule has 1 N–H and O–H groups in total. The molecule has 5 nitrogen and oxygen atoms in total. The molecule has 0 unspecified atom stereocenters. The summed E-state index contributed by atoms with van der Waals surface area (Å²) in [6.45, 7) is 2.72. The van der Waals surface area contributed by atoms with Crippen molar-refractivity contribution in [1.82, 2.24) is 9.99 Å². The van der Waals surface area contributed by atoms with Crippen LogP contribution in [0.4, 0.5) is 0 Å². The number of fused-ring (bicyclic) bond motifs is 1. The van der Waals surface area contributed by atoms with Gasteiger partial charge in [-0.3, -0.25) is 4.79 Å². The average molecular weight is 474 g/mol. The minimum absolute atomic E-state index is 0.129. The second-order valence-corrected chi connectivity index (χ2v) is 8.53. The van der Waals surface area contributed by atoms with Crippen LogP contribution in [0.3, 0.4) is 0 Å². The number of amides is 1. The molecule has 0 aliphatic heterocycles. The number of nitrogens with zero attached hydrogens (tertiary/aromatic N) is 2. The Morgan fingerprint density at radius 1 is 0.861 bits per heavy atom. The first-order chi connectivity index (χ1) is 17.7. The van der Waals surface area contributed by atoms with Gasteiger partial charge in [-0.05, 0) is 30.2 Å². The molecule has 5 aromatic rings. The fraction of sp³-hybridized carbons (Fsp3) is 0.0968. The van der Waals surface area contributed by atoms with Gasteiger partial charge < -0.3 is 9.30 Å². The minimum Gasteiger partial charge on any atom is -0.483 e. The number of para-hydroxylation sites is 2. The monoisotopic (exact) mass is 473 g/mol. The largest absolute Gasteiger partial charge is 0.483 e. The molecule has 5 heteroatoms. The Bertz CT molecular complexity index is 1510. The highest BCUT2D eigenvalue weighted by molar-refractivity contribution is 6.01. The fourth-order valence-corrected chi connectivity index (χ4v) is 4.38. The number of carbonyl (C=O) groups excluding carboxylic acids is 1. The van der Waals surface area contributed by atoms with Crippen LogP contribution in [0, 0.1) is 6.92 Å². The predicted octanol–water partition coefficient (Wildman–Crippen LogP) is 6.19. The van der Waals surface area contributed by atoms with Crippen LogP contribution in [0.1, 0.15) is 16.8 Å². The van der Waals surface area contributed by atoms with Gasteiger partial charge in [0.25, 0.3) is 5.91 Å². The number of hydrogen-bond acceptors (Lipinski definition) is 3. The highest BCUT2D eigenvalue weighted by Gasteiger charge is 2.13. The van der Waals surface area contributed by atoms with Gasteiger partial charge in [-0.1, -0.05) is 97.1 Å². The first-order valence-corrected chi connectivity index (χ1v) is 11.9. The lowest BCUT2D eigenvalue weighted by atomic mass is 10.1. The fourth-order valence-electron chi connectivity index (χ4n) is 4.38. The standard InChI is InChI=1S/C31H27N3O2/c1-23-28(27-17-8-10-18-29(27)34(23)21-24-12-4-2-5-13-24)20-32-33-31(35)22-36-30-19-11-9-16-26(30)25-14-6-3-7-15-25/h2-20H,21-22H2,1H3,(H,33,35)/b32-20+. The Hall–Kier alpha value is -4.64. The molecule has 1 amide bonds. The Morgan fingerprint density at radius 2 is 1.53 bits per heavy atom. The van der Waals surface area contributed by atoms with Gasteiger partial charge in [-0.2, -0.15) is 5.10 Å². The Balaban J connectivity index is 1.28. The number of hydrazone groups is 1. The third kappa shape index (κ3) is 5.05. The van der Waals surface area contributed by atoms with Gasteiger partial charge in [-0.25, -0.2) is 5.43 Å². The molecule has 0 saturated heterocycles. The van der Waals surface area contributed by atoms with Crippen molar-refractivity contribution in [2.75, 3.05) is 6.61 Å². The van der Waals surface area contributed by atoms with E-state index in [1.165, 1.54) is 5.56 Å². The summed E-state index contributed by atoms with van der Waals surface area (Å²) in [7, 11) is 0. The van der Waals surface area contributed by atoms with E-state index in [1.807, 2.05) is 72.8 Å². The molecule has 4 aromatic carbocycles. The van der Waals surface area contributed by atoms with E-state index in [0.717, 1.165) is 39.8 Å². The number of hydrogen-bond donors (Lipinski definition) is 1. The lowest BCUT2D eigenvalue weighted by Crippen LogP contribution is -2.24. The van der Waals surface area contributed by atoms with Crippen molar-refractivity contribution >= 4 is 23.0 Å². The van der Waals surface area contributed by atoms with Gasteiger partial charge in [0.2, 0.25) is 0 Å². The summed E-state index contributed by atoms with van der Waals surface area (Å²) in [5.41, 5.74) is 9.02. The summed E-state index contributed by atoms with van der Waals surface area (Å²) < 4.78 is 8.11. The molecule has 36 heavy (non-hydrogen) atoms. The van der Waals surface area contributed by atoms with Crippen LogP contribution >= 0.6 is 0 Å². The molecule has 1 aromatic heterocycles. The van der Waals surface area contributed by atoms with E-state index >= 15 is 0 Å².